The highest BCUT2D eigenvalue weighted by molar-refractivity contribution is 7.12. The Labute approximate surface area is 93.3 Å². The predicted octanol–water partition coefficient (Wildman–Crippen LogP) is 1.18. The summed E-state index contributed by atoms with van der Waals surface area (Å²) in [6, 6.07) is 1.83. The first-order valence-electron chi connectivity index (χ1n) is 4.55. The Kier molecular flexibility index (Phi) is 4.35. The second-order valence-electron chi connectivity index (χ2n) is 3.14. The standard InChI is InChI=1S/C11H13NO2S/c1-12(2)11(14)10-9(6-8-15-10)5-3-4-7-13/h6,8,13H,4,7H2,1-2H3. The van der Waals surface area contributed by atoms with Crippen LogP contribution in [0.15, 0.2) is 11.4 Å². The molecule has 0 unspecified atom stereocenters. The summed E-state index contributed by atoms with van der Waals surface area (Å²) in [5.74, 6) is 5.66. The molecule has 0 atom stereocenters. The van der Waals surface area contributed by atoms with Crippen molar-refractivity contribution in [3.05, 3.63) is 21.9 Å². The molecule has 1 aromatic rings. The van der Waals surface area contributed by atoms with Crippen LogP contribution in [-0.4, -0.2) is 36.6 Å². The van der Waals surface area contributed by atoms with E-state index in [1.165, 1.54) is 16.2 Å². The second kappa shape index (κ2) is 5.54. The van der Waals surface area contributed by atoms with Crippen LogP contribution in [0.2, 0.25) is 0 Å². The minimum Gasteiger partial charge on any atom is -0.395 e. The summed E-state index contributed by atoms with van der Waals surface area (Å²) in [5, 5.41) is 10.4. The summed E-state index contributed by atoms with van der Waals surface area (Å²) in [6.07, 6.45) is 0.436. The topological polar surface area (TPSA) is 40.5 Å². The monoisotopic (exact) mass is 223 g/mol. The molecular formula is C11H13NO2S. The van der Waals surface area contributed by atoms with Crippen LogP contribution in [0.25, 0.3) is 0 Å². The van der Waals surface area contributed by atoms with E-state index in [2.05, 4.69) is 11.8 Å². The molecule has 4 heteroatoms. The van der Waals surface area contributed by atoms with Gasteiger partial charge in [-0.15, -0.1) is 11.3 Å². The largest absolute Gasteiger partial charge is 0.395 e. The zero-order chi connectivity index (χ0) is 11.3. The van der Waals surface area contributed by atoms with Crippen LogP contribution in [0.5, 0.6) is 0 Å². The first kappa shape index (κ1) is 11.8. The van der Waals surface area contributed by atoms with Crippen LogP contribution in [0.3, 0.4) is 0 Å². The third kappa shape index (κ3) is 3.08. The van der Waals surface area contributed by atoms with Crippen molar-refractivity contribution in [3.63, 3.8) is 0 Å². The molecule has 0 bridgehead atoms. The van der Waals surface area contributed by atoms with Gasteiger partial charge in [0.15, 0.2) is 0 Å². The number of thiophene rings is 1. The summed E-state index contributed by atoms with van der Waals surface area (Å²) >= 11 is 1.39. The first-order valence-corrected chi connectivity index (χ1v) is 5.43. The number of rotatable bonds is 2. The fourth-order valence-corrected chi connectivity index (χ4v) is 1.86. The molecular weight excluding hydrogens is 210 g/mol. The molecule has 0 aliphatic rings. The number of hydrogen-bond acceptors (Lipinski definition) is 3. The molecule has 3 nitrogen and oxygen atoms in total. The zero-order valence-corrected chi connectivity index (χ0v) is 9.60. The molecule has 0 aromatic carbocycles. The maximum Gasteiger partial charge on any atom is 0.264 e. The molecule has 0 radical (unpaired) electrons. The Hall–Kier alpha value is -1.31. The van der Waals surface area contributed by atoms with Crippen LogP contribution in [-0.2, 0) is 0 Å². The van der Waals surface area contributed by atoms with E-state index in [-0.39, 0.29) is 12.5 Å². The van der Waals surface area contributed by atoms with E-state index >= 15 is 0 Å². The van der Waals surface area contributed by atoms with Gasteiger partial charge >= 0.3 is 0 Å². The molecule has 0 fully saturated rings. The molecule has 0 saturated heterocycles. The van der Waals surface area contributed by atoms with E-state index in [0.717, 1.165) is 5.56 Å². The van der Waals surface area contributed by atoms with E-state index in [9.17, 15) is 4.79 Å². The van der Waals surface area contributed by atoms with Gasteiger partial charge in [-0.2, -0.15) is 0 Å². The summed E-state index contributed by atoms with van der Waals surface area (Å²) in [6.45, 7) is 0.0497. The van der Waals surface area contributed by atoms with Gasteiger partial charge in [0.25, 0.3) is 5.91 Å². The van der Waals surface area contributed by atoms with Gasteiger partial charge in [0.1, 0.15) is 4.88 Å². The maximum atomic E-state index is 11.7. The Bertz CT molecular complexity index is 398. The molecule has 1 aromatic heterocycles. The van der Waals surface area contributed by atoms with Crippen molar-refractivity contribution >= 4 is 17.2 Å². The average molecular weight is 223 g/mol. The number of carbonyl (C=O) groups excluding carboxylic acids is 1. The Morgan fingerprint density at radius 3 is 2.93 bits per heavy atom. The van der Waals surface area contributed by atoms with E-state index < -0.39 is 0 Å². The second-order valence-corrected chi connectivity index (χ2v) is 4.05. The lowest BCUT2D eigenvalue weighted by Gasteiger charge is -2.08. The van der Waals surface area contributed by atoms with E-state index in [4.69, 9.17) is 5.11 Å². The van der Waals surface area contributed by atoms with Crippen molar-refractivity contribution in [3.8, 4) is 11.8 Å². The number of amides is 1. The number of carbonyl (C=O) groups is 1. The summed E-state index contributed by atoms with van der Waals surface area (Å²) in [4.78, 5) is 13.9. The van der Waals surface area contributed by atoms with Gasteiger partial charge in [-0.3, -0.25) is 4.79 Å². The fraction of sp³-hybridized carbons (Fsp3) is 0.364. The van der Waals surface area contributed by atoms with E-state index in [1.54, 1.807) is 14.1 Å². The quantitative estimate of drug-likeness (QED) is 0.765. The van der Waals surface area contributed by atoms with Crippen LogP contribution in [0.1, 0.15) is 21.7 Å². The number of aliphatic hydroxyl groups excluding tert-OH is 1. The normalized spacial score (nSPS) is 9.27. The van der Waals surface area contributed by atoms with Crippen molar-refractivity contribution in [2.75, 3.05) is 20.7 Å². The van der Waals surface area contributed by atoms with Crippen LogP contribution < -0.4 is 0 Å². The summed E-state index contributed by atoms with van der Waals surface area (Å²) < 4.78 is 0. The molecule has 1 amide bonds. The Morgan fingerprint density at radius 2 is 2.33 bits per heavy atom. The highest BCUT2D eigenvalue weighted by Gasteiger charge is 2.13. The van der Waals surface area contributed by atoms with Gasteiger partial charge < -0.3 is 10.0 Å². The van der Waals surface area contributed by atoms with Crippen LogP contribution in [0.4, 0.5) is 0 Å². The SMILES string of the molecule is CN(C)C(=O)c1sccc1C#CCCO. The van der Waals surface area contributed by atoms with Crippen LogP contribution in [0, 0.1) is 11.8 Å². The summed E-state index contributed by atoms with van der Waals surface area (Å²) in [7, 11) is 3.43. The third-order valence-electron chi connectivity index (χ3n) is 1.73. The predicted molar refractivity (Wildman–Crippen MR) is 60.9 cm³/mol. The summed E-state index contributed by atoms with van der Waals surface area (Å²) in [5.41, 5.74) is 0.743. The average Bonchev–Trinajstić information content (AvgIpc) is 2.65. The van der Waals surface area contributed by atoms with Gasteiger partial charge in [-0.25, -0.2) is 0 Å². The van der Waals surface area contributed by atoms with Crippen molar-refractivity contribution in [2.24, 2.45) is 0 Å². The number of nitrogens with zero attached hydrogens (tertiary/aromatic N) is 1. The van der Waals surface area contributed by atoms with E-state index in [0.29, 0.717) is 11.3 Å². The molecule has 0 spiro atoms. The Morgan fingerprint density at radius 1 is 1.60 bits per heavy atom. The molecule has 1 heterocycles. The molecule has 1 rings (SSSR count). The van der Waals surface area contributed by atoms with Crippen molar-refractivity contribution in [1.82, 2.24) is 4.90 Å². The van der Waals surface area contributed by atoms with Crippen molar-refractivity contribution < 1.29 is 9.90 Å². The molecule has 0 aliphatic carbocycles. The Balaban J connectivity index is 2.88. The smallest absolute Gasteiger partial charge is 0.264 e. The maximum absolute atomic E-state index is 11.7. The number of aliphatic hydroxyl groups is 1. The zero-order valence-electron chi connectivity index (χ0n) is 8.78. The van der Waals surface area contributed by atoms with Gasteiger partial charge in [0, 0.05) is 26.1 Å². The lowest BCUT2D eigenvalue weighted by atomic mass is 10.2. The minimum absolute atomic E-state index is 0.0294. The molecule has 0 saturated carbocycles. The van der Waals surface area contributed by atoms with Gasteiger partial charge in [-0.1, -0.05) is 11.8 Å². The van der Waals surface area contributed by atoms with Crippen molar-refractivity contribution in [2.45, 2.75) is 6.42 Å². The highest BCUT2D eigenvalue weighted by Crippen LogP contribution is 2.17. The molecule has 80 valence electrons. The molecule has 15 heavy (non-hydrogen) atoms. The number of hydrogen-bond donors (Lipinski definition) is 1. The van der Waals surface area contributed by atoms with Crippen molar-refractivity contribution in [1.29, 1.82) is 0 Å². The van der Waals surface area contributed by atoms with Gasteiger partial charge in [0.2, 0.25) is 0 Å². The van der Waals surface area contributed by atoms with Crippen LogP contribution >= 0.6 is 11.3 Å². The highest BCUT2D eigenvalue weighted by atomic mass is 32.1. The van der Waals surface area contributed by atoms with Gasteiger partial charge in [0.05, 0.1) is 6.61 Å². The lowest BCUT2D eigenvalue weighted by Crippen LogP contribution is -2.21. The van der Waals surface area contributed by atoms with E-state index in [1.807, 2.05) is 11.4 Å². The molecule has 1 N–H and O–H groups in total. The van der Waals surface area contributed by atoms with Gasteiger partial charge in [-0.05, 0) is 11.4 Å². The first-order chi connectivity index (χ1) is 7.16. The lowest BCUT2D eigenvalue weighted by molar-refractivity contribution is 0.0832. The fourth-order valence-electron chi connectivity index (χ4n) is 0.990. The minimum atomic E-state index is -0.0294. The third-order valence-corrected chi connectivity index (χ3v) is 2.63. The molecule has 0 aliphatic heterocycles.